The summed E-state index contributed by atoms with van der Waals surface area (Å²) in [6.45, 7) is 1.91. The summed E-state index contributed by atoms with van der Waals surface area (Å²) < 4.78 is 1.05. The number of aromatic nitrogens is 1. The Balaban J connectivity index is 2.18. The highest BCUT2D eigenvalue weighted by Crippen LogP contribution is 2.27. The Hall–Kier alpha value is -2.00. The van der Waals surface area contributed by atoms with E-state index >= 15 is 0 Å². The molecule has 0 spiro atoms. The van der Waals surface area contributed by atoms with E-state index < -0.39 is 0 Å². The van der Waals surface area contributed by atoms with Crippen LogP contribution in [-0.2, 0) is 0 Å². The summed E-state index contributed by atoms with van der Waals surface area (Å²) in [4.78, 5) is 16.6. The predicted molar refractivity (Wildman–Crippen MR) is 74.2 cm³/mol. The number of benzene rings is 1. The largest absolute Gasteiger partial charge is 0.289 e. The van der Waals surface area contributed by atoms with Gasteiger partial charge in [-0.1, -0.05) is 12.1 Å². The van der Waals surface area contributed by atoms with Crippen LogP contribution in [0.15, 0.2) is 48.1 Å². The van der Waals surface area contributed by atoms with Crippen LogP contribution in [0.5, 0.6) is 0 Å². The number of hydrogen-bond donors (Lipinski definition) is 0. The minimum Gasteiger partial charge on any atom is -0.289 e. The standard InChI is InChI=1S/C15H11NOS/c1-10-9-16-7-5-12(10)14(17)13-4-2-3-11-6-8-18-15(11)13/h2-9H,1H3. The quantitative estimate of drug-likeness (QED) is 0.649. The molecule has 0 saturated heterocycles. The van der Waals surface area contributed by atoms with Gasteiger partial charge in [-0.15, -0.1) is 11.3 Å². The topological polar surface area (TPSA) is 30.0 Å². The van der Waals surface area contributed by atoms with Gasteiger partial charge in [-0.25, -0.2) is 0 Å². The van der Waals surface area contributed by atoms with Crippen molar-refractivity contribution >= 4 is 27.2 Å². The molecule has 0 unspecified atom stereocenters. The van der Waals surface area contributed by atoms with Gasteiger partial charge in [0.15, 0.2) is 5.78 Å². The zero-order valence-corrected chi connectivity index (χ0v) is 10.7. The van der Waals surface area contributed by atoms with E-state index in [1.807, 2.05) is 36.6 Å². The van der Waals surface area contributed by atoms with E-state index in [4.69, 9.17) is 0 Å². The third-order valence-corrected chi connectivity index (χ3v) is 3.95. The molecule has 18 heavy (non-hydrogen) atoms. The fraction of sp³-hybridized carbons (Fsp3) is 0.0667. The van der Waals surface area contributed by atoms with Crippen LogP contribution in [0.3, 0.4) is 0 Å². The summed E-state index contributed by atoms with van der Waals surface area (Å²) >= 11 is 1.61. The average Bonchev–Trinajstić information content (AvgIpc) is 2.86. The number of rotatable bonds is 2. The monoisotopic (exact) mass is 253 g/mol. The molecule has 0 aliphatic heterocycles. The van der Waals surface area contributed by atoms with E-state index in [1.165, 1.54) is 0 Å². The first-order chi connectivity index (χ1) is 8.77. The number of hydrogen-bond acceptors (Lipinski definition) is 3. The van der Waals surface area contributed by atoms with Crippen LogP contribution >= 0.6 is 11.3 Å². The van der Waals surface area contributed by atoms with Crippen molar-refractivity contribution in [3.05, 3.63) is 64.8 Å². The van der Waals surface area contributed by atoms with Crippen molar-refractivity contribution in [3.8, 4) is 0 Å². The number of carbonyl (C=O) groups is 1. The van der Waals surface area contributed by atoms with Crippen LogP contribution < -0.4 is 0 Å². The zero-order chi connectivity index (χ0) is 12.5. The van der Waals surface area contributed by atoms with E-state index in [0.717, 1.165) is 26.8 Å². The lowest BCUT2D eigenvalue weighted by molar-refractivity contribution is 0.104. The first-order valence-corrected chi connectivity index (χ1v) is 6.57. The van der Waals surface area contributed by atoms with E-state index in [0.29, 0.717) is 0 Å². The summed E-state index contributed by atoms with van der Waals surface area (Å²) in [5, 5.41) is 3.14. The Kier molecular flexibility index (Phi) is 2.68. The highest BCUT2D eigenvalue weighted by Gasteiger charge is 2.14. The van der Waals surface area contributed by atoms with Crippen molar-refractivity contribution in [3.63, 3.8) is 0 Å². The van der Waals surface area contributed by atoms with Gasteiger partial charge in [0, 0.05) is 28.2 Å². The van der Waals surface area contributed by atoms with Crippen molar-refractivity contribution in [2.45, 2.75) is 6.92 Å². The Morgan fingerprint density at radius 3 is 2.89 bits per heavy atom. The van der Waals surface area contributed by atoms with E-state index in [1.54, 1.807) is 29.8 Å². The SMILES string of the molecule is Cc1cnccc1C(=O)c1cccc2ccsc12. The lowest BCUT2D eigenvalue weighted by Crippen LogP contribution is -2.04. The maximum atomic E-state index is 12.6. The Morgan fingerprint density at radius 1 is 1.17 bits per heavy atom. The smallest absolute Gasteiger partial charge is 0.194 e. The Labute approximate surface area is 109 Å². The molecular weight excluding hydrogens is 242 g/mol. The fourth-order valence-electron chi connectivity index (χ4n) is 2.05. The number of fused-ring (bicyclic) bond motifs is 1. The molecule has 0 N–H and O–H groups in total. The lowest BCUT2D eigenvalue weighted by Gasteiger charge is -2.05. The zero-order valence-electron chi connectivity index (χ0n) is 9.88. The third-order valence-electron chi connectivity index (χ3n) is 2.99. The Bertz CT molecular complexity index is 730. The van der Waals surface area contributed by atoms with E-state index in [9.17, 15) is 4.79 Å². The normalized spacial score (nSPS) is 10.7. The molecule has 0 fully saturated rings. The molecule has 3 aromatic rings. The van der Waals surface area contributed by atoms with Gasteiger partial charge in [-0.3, -0.25) is 9.78 Å². The number of ketones is 1. The molecule has 88 valence electrons. The number of aryl methyl sites for hydroxylation is 1. The molecule has 0 amide bonds. The van der Waals surface area contributed by atoms with E-state index in [-0.39, 0.29) is 5.78 Å². The van der Waals surface area contributed by atoms with Crippen molar-refractivity contribution in [2.75, 3.05) is 0 Å². The molecule has 2 nitrogen and oxygen atoms in total. The first kappa shape index (κ1) is 11.1. The van der Waals surface area contributed by atoms with Crippen LogP contribution in [0.1, 0.15) is 21.5 Å². The number of nitrogens with zero attached hydrogens (tertiary/aromatic N) is 1. The maximum absolute atomic E-state index is 12.6. The minimum absolute atomic E-state index is 0.0722. The highest BCUT2D eigenvalue weighted by atomic mass is 32.1. The number of carbonyl (C=O) groups excluding carboxylic acids is 1. The summed E-state index contributed by atoms with van der Waals surface area (Å²) in [6, 6.07) is 9.67. The predicted octanol–water partition coefficient (Wildman–Crippen LogP) is 3.84. The van der Waals surface area contributed by atoms with Crippen LogP contribution in [0.4, 0.5) is 0 Å². The molecule has 2 heterocycles. The van der Waals surface area contributed by atoms with Crippen LogP contribution in [-0.4, -0.2) is 10.8 Å². The van der Waals surface area contributed by atoms with Crippen LogP contribution in [0, 0.1) is 6.92 Å². The molecule has 0 saturated carbocycles. The summed E-state index contributed by atoms with van der Waals surface area (Å²) in [5.41, 5.74) is 2.42. The van der Waals surface area contributed by atoms with Gasteiger partial charge in [0.1, 0.15) is 0 Å². The average molecular weight is 253 g/mol. The van der Waals surface area contributed by atoms with Gasteiger partial charge in [-0.05, 0) is 41.5 Å². The van der Waals surface area contributed by atoms with Gasteiger partial charge in [0.25, 0.3) is 0 Å². The van der Waals surface area contributed by atoms with Gasteiger partial charge in [-0.2, -0.15) is 0 Å². The Morgan fingerprint density at radius 2 is 2.06 bits per heavy atom. The molecule has 0 atom stereocenters. The maximum Gasteiger partial charge on any atom is 0.194 e. The molecule has 1 aromatic carbocycles. The minimum atomic E-state index is 0.0722. The second-order valence-electron chi connectivity index (χ2n) is 4.16. The molecular formula is C15H11NOS. The second-order valence-corrected chi connectivity index (χ2v) is 5.08. The second kappa shape index (κ2) is 4.35. The van der Waals surface area contributed by atoms with Crippen molar-refractivity contribution < 1.29 is 4.79 Å². The van der Waals surface area contributed by atoms with Gasteiger partial charge in [0.2, 0.25) is 0 Å². The summed E-state index contributed by atoms with van der Waals surface area (Å²) in [6.07, 6.45) is 3.39. The molecule has 2 aromatic heterocycles. The highest BCUT2D eigenvalue weighted by molar-refractivity contribution is 7.17. The summed E-state index contributed by atoms with van der Waals surface area (Å²) in [5.74, 6) is 0.0722. The van der Waals surface area contributed by atoms with Gasteiger partial charge < -0.3 is 0 Å². The van der Waals surface area contributed by atoms with Crippen molar-refractivity contribution in [1.82, 2.24) is 4.98 Å². The van der Waals surface area contributed by atoms with Gasteiger partial charge in [0.05, 0.1) is 0 Å². The first-order valence-electron chi connectivity index (χ1n) is 5.69. The molecule has 0 aliphatic carbocycles. The lowest BCUT2D eigenvalue weighted by atomic mass is 10.00. The number of pyridine rings is 1. The fourth-order valence-corrected chi connectivity index (χ4v) is 2.96. The van der Waals surface area contributed by atoms with E-state index in [2.05, 4.69) is 4.98 Å². The molecule has 0 bridgehead atoms. The van der Waals surface area contributed by atoms with Crippen molar-refractivity contribution in [2.24, 2.45) is 0 Å². The molecule has 3 heteroatoms. The number of thiophene rings is 1. The van der Waals surface area contributed by atoms with Crippen LogP contribution in [0.2, 0.25) is 0 Å². The molecule has 3 rings (SSSR count). The van der Waals surface area contributed by atoms with Crippen LogP contribution in [0.25, 0.3) is 10.1 Å². The third kappa shape index (κ3) is 1.73. The molecule has 0 aliphatic rings. The van der Waals surface area contributed by atoms with Crippen molar-refractivity contribution in [1.29, 1.82) is 0 Å². The summed E-state index contributed by atoms with van der Waals surface area (Å²) in [7, 11) is 0. The molecule has 0 radical (unpaired) electrons. The van der Waals surface area contributed by atoms with Gasteiger partial charge >= 0.3 is 0 Å².